The van der Waals surface area contributed by atoms with Crippen LogP contribution in [-0.4, -0.2) is 44.7 Å². The quantitative estimate of drug-likeness (QED) is 0.515. The van der Waals surface area contributed by atoms with Crippen molar-refractivity contribution in [1.82, 2.24) is 15.0 Å². The Morgan fingerprint density at radius 3 is 2.24 bits per heavy atom. The number of halogens is 4. The lowest BCUT2D eigenvalue weighted by atomic mass is 10.0. The number of aliphatic carboxylic acids is 1. The van der Waals surface area contributed by atoms with E-state index in [0.29, 0.717) is 31.7 Å². The highest BCUT2D eigenvalue weighted by atomic mass is 19.4. The van der Waals surface area contributed by atoms with E-state index in [2.05, 4.69) is 10.1 Å². The number of aromatic nitrogens is 2. The van der Waals surface area contributed by atoms with Crippen molar-refractivity contribution < 1.29 is 36.8 Å². The normalized spacial score (nSPS) is 10.8. The molecule has 1 amide bonds. The molecule has 0 aliphatic rings. The highest BCUT2D eigenvalue weighted by Crippen LogP contribution is 2.25. The minimum Gasteiger partial charge on any atom is -0.475 e. The molecule has 0 saturated carbocycles. The smallest absolute Gasteiger partial charge is 0.475 e. The van der Waals surface area contributed by atoms with Crippen LogP contribution in [0.15, 0.2) is 59.5 Å². The van der Waals surface area contributed by atoms with Crippen LogP contribution >= 0.6 is 0 Å². The van der Waals surface area contributed by atoms with Crippen molar-refractivity contribution in [2.24, 2.45) is 0 Å². The van der Waals surface area contributed by atoms with Crippen LogP contribution in [0.3, 0.4) is 0 Å². The third-order valence-corrected chi connectivity index (χ3v) is 4.46. The van der Waals surface area contributed by atoms with Crippen molar-refractivity contribution in [3.63, 3.8) is 0 Å². The van der Waals surface area contributed by atoms with E-state index in [-0.39, 0.29) is 11.7 Å². The summed E-state index contributed by atoms with van der Waals surface area (Å²) >= 11 is 0. The number of pyridine rings is 1. The van der Waals surface area contributed by atoms with Gasteiger partial charge in [0.05, 0.1) is 6.20 Å². The monoisotopic (exact) mass is 467 g/mol. The number of alkyl halides is 3. The summed E-state index contributed by atoms with van der Waals surface area (Å²) in [5.74, 6) is -2.42. The Bertz CT molecular complexity index is 1040. The van der Waals surface area contributed by atoms with Crippen molar-refractivity contribution in [3.05, 3.63) is 71.9 Å². The van der Waals surface area contributed by atoms with Gasteiger partial charge in [0.15, 0.2) is 5.76 Å². The molecule has 11 heteroatoms. The lowest BCUT2D eigenvalue weighted by molar-refractivity contribution is -0.192. The van der Waals surface area contributed by atoms with Crippen molar-refractivity contribution in [3.8, 4) is 11.3 Å². The van der Waals surface area contributed by atoms with Gasteiger partial charge in [-0.15, -0.1) is 0 Å². The largest absolute Gasteiger partial charge is 0.490 e. The van der Waals surface area contributed by atoms with Gasteiger partial charge in [0.25, 0.3) is 0 Å². The number of carbonyl (C=O) groups excluding carboxylic acids is 1. The number of hydrogen-bond acceptors (Lipinski definition) is 5. The Morgan fingerprint density at radius 1 is 1.09 bits per heavy atom. The van der Waals surface area contributed by atoms with Crippen molar-refractivity contribution >= 4 is 11.9 Å². The molecule has 0 atom stereocenters. The van der Waals surface area contributed by atoms with E-state index in [9.17, 15) is 22.4 Å². The highest BCUT2D eigenvalue weighted by Gasteiger charge is 2.38. The first-order valence-corrected chi connectivity index (χ1v) is 9.78. The van der Waals surface area contributed by atoms with Crippen LogP contribution in [-0.2, 0) is 22.6 Å². The number of benzene rings is 1. The predicted molar refractivity (Wildman–Crippen MR) is 109 cm³/mol. The van der Waals surface area contributed by atoms with Crippen molar-refractivity contribution in [1.29, 1.82) is 0 Å². The summed E-state index contributed by atoms with van der Waals surface area (Å²) in [6.07, 6.45) is 0.848. The van der Waals surface area contributed by atoms with E-state index < -0.39 is 12.1 Å². The lowest BCUT2D eigenvalue weighted by Crippen LogP contribution is -2.30. The van der Waals surface area contributed by atoms with Gasteiger partial charge in [0.1, 0.15) is 5.82 Å². The second-order valence-electron chi connectivity index (χ2n) is 6.75. The third-order valence-electron chi connectivity index (χ3n) is 4.46. The fraction of sp³-hybridized carbons (Fsp3) is 0.273. The van der Waals surface area contributed by atoms with Gasteiger partial charge in [-0.1, -0.05) is 5.16 Å². The molecule has 176 valence electrons. The van der Waals surface area contributed by atoms with Gasteiger partial charge >= 0.3 is 12.1 Å². The van der Waals surface area contributed by atoms with Gasteiger partial charge in [0, 0.05) is 43.0 Å². The number of hydrogen-bond donors (Lipinski definition) is 1. The zero-order chi connectivity index (χ0) is 24.4. The summed E-state index contributed by atoms with van der Waals surface area (Å²) < 4.78 is 50.1. The fourth-order valence-corrected chi connectivity index (χ4v) is 2.76. The summed E-state index contributed by atoms with van der Waals surface area (Å²) in [5.41, 5.74) is 2.63. The van der Waals surface area contributed by atoms with Gasteiger partial charge in [-0.2, -0.15) is 13.2 Å². The molecule has 0 spiro atoms. The zero-order valence-electron chi connectivity index (χ0n) is 17.6. The zero-order valence-corrected chi connectivity index (χ0v) is 17.6. The number of carbonyl (C=O) groups is 2. The molecule has 0 unspecified atom stereocenters. The first-order valence-electron chi connectivity index (χ1n) is 9.78. The van der Waals surface area contributed by atoms with Crippen LogP contribution in [0.25, 0.3) is 11.3 Å². The summed E-state index contributed by atoms with van der Waals surface area (Å²) in [6, 6.07) is 9.84. The Kier molecular flexibility index (Phi) is 9.08. The third kappa shape index (κ3) is 8.02. The molecular weight excluding hydrogens is 446 g/mol. The Hall–Kier alpha value is -3.76. The maximum absolute atomic E-state index is 13.1. The van der Waals surface area contributed by atoms with E-state index in [1.54, 1.807) is 35.6 Å². The second-order valence-corrected chi connectivity index (χ2v) is 6.75. The van der Waals surface area contributed by atoms with E-state index in [1.807, 2.05) is 19.1 Å². The molecule has 7 nitrogen and oxygen atoms in total. The van der Waals surface area contributed by atoms with Gasteiger partial charge < -0.3 is 14.5 Å². The van der Waals surface area contributed by atoms with E-state index in [1.165, 1.54) is 12.1 Å². The van der Waals surface area contributed by atoms with Crippen LogP contribution in [0, 0.1) is 5.82 Å². The summed E-state index contributed by atoms with van der Waals surface area (Å²) in [6.45, 7) is 3.16. The van der Waals surface area contributed by atoms with E-state index in [0.717, 1.165) is 16.7 Å². The molecule has 2 heterocycles. The summed E-state index contributed by atoms with van der Waals surface area (Å²) in [4.78, 5) is 27.3. The van der Waals surface area contributed by atoms with Crippen LogP contribution < -0.4 is 0 Å². The van der Waals surface area contributed by atoms with E-state index >= 15 is 0 Å². The Balaban J connectivity index is 0.000000479. The molecule has 0 radical (unpaired) electrons. The Labute approximate surface area is 186 Å². The number of amides is 1. The Morgan fingerprint density at radius 2 is 1.70 bits per heavy atom. The standard InChI is InChI=1S/C20H20FN3O2.C2HF3O2/c1-2-24(14-15-9-11-22-12-10-15)19(25)8-5-17-13-23-26-20(17)16-3-6-18(21)7-4-16;3-2(4,5)1(6)7/h3-4,6-7,9-13H,2,5,8,14H2,1H3;(H,6,7). The van der Waals surface area contributed by atoms with Gasteiger partial charge in [0.2, 0.25) is 5.91 Å². The van der Waals surface area contributed by atoms with Crippen LogP contribution in [0.5, 0.6) is 0 Å². The van der Waals surface area contributed by atoms with Crippen molar-refractivity contribution in [2.75, 3.05) is 6.54 Å². The van der Waals surface area contributed by atoms with Crippen molar-refractivity contribution in [2.45, 2.75) is 32.5 Å². The maximum atomic E-state index is 13.1. The summed E-state index contributed by atoms with van der Waals surface area (Å²) in [7, 11) is 0. The number of rotatable bonds is 7. The number of aryl methyl sites for hydroxylation is 1. The summed E-state index contributed by atoms with van der Waals surface area (Å²) in [5, 5.41) is 11.0. The number of carboxylic acid groups (broad SMARTS) is 1. The predicted octanol–water partition coefficient (Wildman–Crippen LogP) is 4.49. The molecule has 0 aliphatic carbocycles. The average Bonchev–Trinajstić information content (AvgIpc) is 3.25. The molecule has 0 saturated heterocycles. The number of nitrogens with zero attached hydrogens (tertiary/aromatic N) is 3. The average molecular weight is 467 g/mol. The number of carboxylic acids is 1. The first kappa shape index (κ1) is 25.5. The molecule has 0 bridgehead atoms. The van der Waals surface area contributed by atoms with Gasteiger partial charge in [-0.3, -0.25) is 9.78 Å². The molecule has 1 N–H and O–H groups in total. The van der Waals surface area contributed by atoms with Crippen LogP contribution in [0.4, 0.5) is 17.6 Å². The first-order chi connectivity index (χ1) is 15.6. The molecule has 0 aliphatic heterocycles. The lowest BCUT2D eigenvalue weighted by Gasteiger charge is -2.21. The second kappa shape index (κ2) is 11.7. The fourth-order valence-electron chi connectivity index (χ4n) is 2.76. The van der Waals surface area contributed by atoms with Gasteiger partial charge in [-0.05, 0) is 55.3 Å². The topological polar surface area (TPSA) is 96.5 Å². The molecule has 1 aromatic carbocycles. The van der Waals surface area contributed by atoms with E-state index in [4.69, 9.17) is 14.4 Å². The highest BCUT2D eigenvalue weighted by molar-refractivity contribution is 5.77. The molecular formula is C22H21F4N3O4. The minimum atomic E-state index is -5.08. The van der Waals surface area contributed by atoms with Crippen LogP contribution in [0.1, 0.15) is 24.5 Å². The SMILES string of the molecule is CCN(Cc1ccncc1)C(=O)CCc1cnoc1-c1ccc(F)cc1.O=C(O)C(F)(F)F. The maximum Gasteiger partial charge on any atom is 0.490 e. The minimum absolute atomic E-state index is 0.0653. The molecule has 33 heavy (non-hydrogen) atoms. The molecule has 0 fully saturated rings. The van der Waals surface area contributed by atoms with Gasteiger partial charge in [-0.25, -0.2) is 9.18 Å². The molecule has 2 aromatic heterocycles. The molecule has 3 rings (SSSR count). The van der Waals surface area contributed by atoms with Crippen LogP contribution in [0.2, 0.25) is 0 Å². The molecule has 3 aromatic rings.